The van der Waals surface area contributed by atoms with Crippen molar-refractivity contribution in [2.24, 2.45) is 0 Å². The van der Waals surface area contributed by atoms with Crippen molar-refractivity contribution in [2.75, 3.05) is 0 Å². The summed E-state index contributed by atoms with van der Waals surface area (Å²) in [7, 11) is 0. The van der Waals surface area contributed by atoms with Gasteiger partial charge in [0.1, 0.15) is 17.8 Å². The van der Waals surface area contributed by atoms with Gasteiger partial charge in [-0.3, -0.25) is 4.98 Å². The number of hydrogen-bond acceptors (Lipinski definition) is 6. The van der Waals surface area contributed by atoms with Gasteiger partial charge in [0.15, 0.2) is 11.5 Å². The molecule has 0 radical (unpaired) electrons. The maximum Gasteiger partial charge on any atom is 0.228 e. The number of benzene rings is 2. The van der Waals surface area contributed by atoms with Gasteiger partial charge in [-0.1, -0.05) is 35.9 Å². The number of fused-ring (bicyclic) bond motifs is 4. The molecule has 0 spiro atoms. The number of ether oxygens (including phenoxy) is 1. The van der Waals surface area contributed by atoms with Gasteiger partial charge in [0, 0.05) is 35.5 Å². The van der Waals surface area contributed by atoms with Gasteiger partial charge in [0.25, 0.3) is 0 Å². The first-order chi connectivity index (χ1) is 15.2. The van der Waals surface area contributed by atoms with Crippen molar-refractivity contribution < 1.29 is 9.84 Å². The molecule has 7 heteroatoms. The zero-order valence-electron chi connectivity index (χ0n) is 16.6. The highest BCUT2D eigenvalue weighted by Crippen LogP contribution is 2.48. The summed E-state index contributed by atoms with van der Waals surface area (Å²) in [5, 5.41) is 14.6. The Bertz CT molecular complexity index is 1450. The molecule has 1 atom stereocenters. The second-order valence-corrected chi connectivity index (χ2v) is 7.58. The second kappa shape index (κ2) is 6.63. The number of phenolic OH excluding ortho intramolecular Hbond substituents is 1. The summed E-state index contributed by atoms with van der Waals surface area (Å²) in [5.41, 5.74) is 5.47. The Morgan fingerprint density at radius 2 is 2.00 bits per heavy atom. The fraction of sp³-hybridized carbons (Fsp3) is 0.0833. The summed E-state index contributed by atoms with van der Waals surface area (Å²) in [6.45, 7) is 2.04. The van der Waals surface area contributed by atoms with Crippen LogP contribution in [0.5, 0.6) is 17.4 Å². The summed E-state index contributed by atoms with van der Waals surface area (Å²) in [6, 6.07) is 17.1. The number of aromatic hydroxyl groups is 1. The van der Waals surface area contributed by atoms with Gasteiger partial charge in [-0.2, -0.15) is 0 Å². The number of nitrogens with zero attached hydrogens (tertiary/aromatic N) is 5. The maximum absolute atomic E-state index is 9.98. The van der Waals surface area contributed by atoms with E-state index in [1.165, 1.54) is 0 Å². The first-order valence-corrected chi connectivity index (χ1v) is 9.90. The Morgan fingerprint density at radius 1 is 1.06 bits per heavy atom. The molecular formula is C24H17N5O2. The van der Waals surface area contributed by atoms with E-state index in [1.807, 2.05) is 49.5 Å². The van der Waals surface area contributed by atoms with E-state index >= 15 is 0 Å². The highest BCUT2D eigenvalue weighted by Gasteiger charge is 2.33. The van der Waals surface area contributed by atoms with Crippen molar-refractivity contribution >= 4 is 5.65 Å². The summed E-state index contributed by atoms with van der Waals surface area (Å²) in [5.74, 6) is 1.57. The molecular weight excluding hydrogens is 390 g/mol. The van der Waals surface area contributed by atoms with Crippen molar-refractivity contribution in [1.29, 1.82) is 0 Å². The molecule has 0 aliphatic carbocycles. The van der Waals surface area contributed by atoms with Crippen LogP contribution in [0.1, 0.15) is 28.2 Å². The molecule has 0 bridgehead atoms. The molecule has 0 fully saturated rings. The molecule has 5 aromatic rings. The molecule has 4 heterocycles. The minimum absolute atomic E-state index is 0.137. The van der Waals surface area contributed by atoms with E-state index in [9.17, 15) is 5.11 Å². The third-order valence-electron chi connectivity index (χ3n) is 5.48. The summed E-state index contributed by atoms with van der Waals surface area (Å²) in [4.78, 5) is 13.7. The molecule has 3 aromatic heterocycles. The van der Waals surface area contributed by atoms with Crippen LogP contribution in [0.3, 0.4) is 0 Å². The van der Waals surface area contributed by atoms with Crippen molar-refractivity contribution in [3.05, 3.63) is 95.6 Å². The van der Waals surface area contributed by atoms with E-state index < -0.39 is 0 Å². The van der Waals surface area contributed by atoms with Crippen molar-refractivity contribution in [3.63, 3.8) is 0 Å². The average Bonchev–Trinajstić information content (AvgIpc) is 3.23. The predicted octanol–water partition coefficient (Wildman–Crippen LogP) is 4.49. The fourth-order valence-electron chi connectivity index (χ4n) is 4.10. The van der Waals surface area contributed by atoms with Gasteiger partial charge >= 0.3 is 0 Å². The van der Waals surface area contributed by atoms with Gasteiger partial charge in [-0.05, 0) is 30.7 Å². The van der Waals surface area contributed by atoms with Gasteiger partial charge in [-0.15, -0.1) is 5.10 Å². The molecule has 31 heavy (non-hydrogen) atoms. The summed E-state index contributed by atoms with van der Waals surface area (Å²) in [6.07, 6.45) is 5.18. The normalized spacial score (nSPS) is 14.7. The molecule has 6 rings (SSSR count). The van der Waals surface area contributed by atoms with Gasteiger partial charge < -0.3 is 9.84 Å². The maximum atomic E-state index is 9.98. The van der Waals surface area contributed by atoms with Gasteiger partial charge in [0.05, 0.1) is 5.56 Å². The molecule has 1 N–H and O–H groups in total. The van der Waals surface area contributed by atoms with Crippen LogP contribution in [0.4, 0.5) is 0 Å². The Morgan fingerprint density at radius 3 is 2.84 bits per heavy atom. The van der Waals surface area contributed by atoms with E-state index in [0.717, 1.165) is 27.8 Å². The number of aryl methyl sites for hydroxylation is 1. The van der Waals surface area contributed by atoms with E-state index in [1.54, 1.807) is 29.2 Å². The lowest BCUT2D eigenvalue weighted by atomic mass is 9.84. The molecule has 2 aromatic carbocycles. The van der Waals surface area contributed by atoms with E-state index in [-0.39, 0.29) is 11.7 Å². The number of phenols is 1. The van der Waals surface area contributed by atoms with E-state index in [4.69, 9.17) is 9.72 Å². The largest absolute Gasteiger partial charge is 0.508 e. The molecule has 0 saturated heterocycles. The van der Waals surface area contributed by atoms with Crippen LogP contribution in [0.15, 0.2) is 73.3 Å². The van der Waals surface area contributed by atoms with Gasteiger partial charge in [-0.25, -0.2) is 14.5 Å². The van der Waals surface area contributed by atoms with Crippen LogP contribution in [0.25, 0.3) is 17.0 Å². The smallest absolute Gasteiger partial charge is 0.228 e. The Hall–Kier alpha value is -4.26. The lowest BCUT2D eigenvalue weighted by molar-refractivity contribution is 0.422. The average molecular weight is 407 g/mol. The third kappa shape index (κ3) is 2.82. The first-order valence-electron chi connectivity index (χ1n) is 9.90. The topological polar surface area (TPSA) is 85.4 Å². The van der Waals surface area contributed by atoms with Gasteiger partial charge in [0.2, 0.25) is 5.88 Å². The number of aromatic nitrogens is 5. The Labute approximate surface area is 177 Å². The van der Waals surface area contributed by atoms with Crippen molar-refractivity contribution in [2.45, 2.75) is 12.8 Å². The summed E-state index contributed by atoms with van der Waals surface area (Å²) >= 11 is 0. The third-order valence-corrected chi connectivity index (χ3v) is 5.48. The number of rotatable bonds is 2. The second-order valence-electron chi connectivity index (χ2n) is 7.58. The zero-order chi connectivity index (χ0) is 20.9. The van der Waals surface area contributed by atoms with Crippen molar-refractivity contribution in [1.82, 2.24) is 24.6 Å². The van der Waals surface area contributed by atoms with Crippen LogP contribution < -0.4 is 4.74 Å². The molecule has 7 nitrogen and oxygen atoms in total. The molecule has 1 aliphatic rings. The predicted molar refractivity (Wildman–Crippen MR) is 114 cm³/mol. The van der Waals surface area contributed by atoms with Crippen LogP contribution in [-0.4, -0.2) is 29.7 Å². The SMILES string of the molecule is Cc1cccc(-c2nc3c4c(ncn3n2)Oc2cc(O)ccc2[C@@H]4c2cccnc2)c1. The molecule has 150 valence electrons. The molecule has 0 saturated carbocycles. The fourth-order valence-corrected chi connectivity index (χ4v) is 4.10. The van der Waals surface area contributed by atoms with Crippen molar-refractivity contribution in [3.8, 4) is 28.8 Å². The summed E-state index contributed by atoms with van der Waals surface area (Å²) < 4.78 is 7.77. The first kappa shape index (κ1) is 17.6. The quantitative estimate of drug-likeness (QED) is 0.455. The Kier molecular flexibility index (Phi) is 3.76. The highest BCUT2D eigenvalue weighted by atomic mass is 16.5. The number of pyridine rings is 1. The van der Waals surface area contributed by atoms with Crippen LogP contribution in [0.2, 0.25) is 0 Å². The molecule has 0 amide bonds. The minimum Gasteiger partial charge on any atom is -0.508 e. The molecule has 0 unspecified atom stereocenters. The number of hydrogen-bond donors (Lipinski definition) is 1. The van der Waals surface area contributed by atoms with E-state index in [2.05, 4.69) is 21.1 Å². The standard InChI is InChI=1S/C24H17N5O2/c1-14-4-2-5-15(10-14)22-27-23-21-20(16-6-3-9-25-12-16)18-8-7-17(30)11-19(18)31-24(21)26-13-29(23)28-22/h2-13,20,30H,1H3/t20-/m0/s1. The van der Waals surface area contributed by atoms with Crippen LogP contribution in [0, 0.1) is 6.92 Å². The van der Waals surface area contributed by atoms with E-state index in [0.29, 0.717) is 23.1 Å². The zero-order valence-corrected chi connectivity index (χ0v) is 16.6. The monoisotopic (exact) mass is 407 g/mol. The Balaban J connectivity index is 1.62. The highest BCUT2D eigenvalue weighted by molar-refractivity contribution is 5.68. The van der Waals surface area contributed by atoms with Crippen LogP contribution in [-0.2, 0) is 0 Å². The lowest BCUT2D eigenvalue weighted by Gasteiger charge is -2.27. The van der Waals surface area contributed by atoms with Crippen LogP contribution >= 0.6 is 0 Å². The minimum atomic E-state index is -0.209. The molecule has 1 aliphatic heterocycles. The lowest BCUT2D eigenvalue weighted by Crippen LogP contribution is -2.15.